The standard InChI is InChI=1S/C18H19F2N5O2S/c1-27-15-14(20)13(8-26)23-17(24-15)25-7-10-6-22-16(21)28-18(10,9-25)11-4-2-3-5-12(11)19/h2-5,10,26H,6-9H2,1H3,(H2,21,22)/t10-,18-/m0/s1. The van der Waals surface area contributed by atoms with Crippen molar-refractivity contribution < 1.29 is 18.6 Å². The van der Waals surface area contributed by atoms with Gasteiger partial charge in [0.25, 0.3) is 5.88 Å². The van der Waals surface area contributed by atoms with Crippen LogP contribution >= 0.6 is 11.8 Å². The zero-order valence-corrected chi connectivity index (χ0v) is 15.9. The monoisotopic (exact) mass is 407 g/mol. The molecule has 0 bridgehead atoms. The van der Waals surface area contributed by atoms with E-state index in [1.165, 1.54) is 24.9 Å². The van der Waals surface area contributed by atoms with E-state index in [1.807, 2.05) is 4.90 Å². The number of aromatic nitrogens is 2. The van der Waals surface area contributed by atoms with Crippen LogP contribution < -0.4 is 15.4 Å². The summed E-state index contributed by atoms with van der Waals surface area (Å²) in [4.78, 5) is 14.4. The van der Waals surface area contributed by atoms with Crippen LogP contribution in [0, 0.1) is 17.6 Å². The molecule has 3 heterocycles. The molecule has 0 unspecified atom stereocenters. The first-order valence-electron chi connectivity index (χ1n) is 8.68. The van der Waals surface area contributed by atoms with Gasteiger partial charge in [0.05, 0.1) is 18.5 Å². The molecular formula is C18H19F2N5O2S. The number of thioether (sulfide) groups is 1. The Morgan fingerprint density at radius 2 is 2.14 bits per heavy atom. The fraction of sp³-hybridized carbons (Fsp3) is 0.389. The summed E-state index contributed by atoms with van der Waals surface area (Å²) in [6.45, 7) is 0.698. The van der Waals surface area contributed by atoms with Crippen LogP contribution in [0.3, 0.4) is 0 Å². The lowest BCUT2D eigenvalue weighted by molar-refractivity contribution is 0.265. The molecule has 0 saturated carbocycles. The minimum atomic E-state index is -0.795. The van der Waals surface area contributed by atoms with Gasteiger partial charge in [-0.05, 0) is 6.07 Å². The van der Waals surface area contributed by atoms with Crippen molar-refractivity contribution in [1.29, 1.82) is 0 Å². The van der Waals surface area contributed by atoms with Crippen molar-refractivity contribution in [3.8, 4) is 5.88 Å². The van der Waals surface area contributed by atoms with Crippen LogP contribution in [0.25, 0.3) is 0 Å². The predicted octanol–water partition coefficient (Wildman–Crippen LogP) is 1.65. The Hall–Kier alpha value is -2.46. The topological polar surface area (TPSA) is 96.9 Å². The molecule has 4 rings (SSSR count). The van der Waals surface area contributed by atoms with Gasteiger partial charge in [0.15, 0.2) is 5.17 Å². The van der Waals surface area contributed by atoms with E-state index in [9.17, 15) is 13.9 Å². The molecule has 2 aliphatic rings. The summed E-state index contributed by atoms with van der Waals surface area (Å²) in [5.74, 6) is -1.18. The highest BCUT2D eigenvalue weighted by atomic mass is 32.2. The molecule has 1 fully saturated rings. The second-order valence-corrected chi connectivity index (χ2v) is 8.03. The summed E-state index contributed by atoms with van der Waals surface area (Å²) in [7, 11) is 1.30. The summed E-state index contributed by atoms with van der Waals surface area (Å²) in [5.41, 5.74) is 6.39. The van der Waals surface area contributed by atoms with Crippen LogP contribution in [0.2, 0.25) is 0 Å². The highest BCUT2D eigenvalue weighted by Crippen LogP contribution is 2.51. The minimum Gasteiger partial charge on any atom is -0.479 e. The van der Waals surface area contributed by atoms with Gasteiger partial charge in [0.1, 0.15) is 11.5 Å². The van der Waals surface area contributed by atoms with E-state index in [2.05, 4.69) is 15.0 Å². The quantitative estimate of drug-likeness (QED) is 0.795. The lowest BCUT2D eigenvalue weighted by Gasteiger charge is -2.36. The van der Waals surface area contributed by atoms with Crippen LogP contribution in [-0.2, 0) is 11.4 Å². The SMILES string of the molecule is COc1nc(N2C[C@@H]3CN=C(N)S[C@@]3(c3ccccc3F)C2)nc(CO)c1F. The Labute approximate surface area is 164 Å². The Kier molecular flexibility index (Phi) is 4.84. The number of aliphatic imine (C=N–C) groups is 1. The zero-order chi connectivity index (χ0) is 19.9. The molecule has 10 heteroatoms. The van der Waals surface area contributed by atoms with Crippen LogP contribution in [0.5, 0.6) is 5.88 Å². The lowest BCUT2D eigenvalue weighted by atomic mass is 9.87. The molecule has 3 N–H and O–H groups in total. The first kappa shape index (κ1) is 18.9. The van der Waals surface area contributed by atoms with Crippen molar-refractivity contribution in [1.82, 2.24) is 9.97 Å². The molecule has 0 amide bonds. The van der Waals surface area contributed by atoms with Crippen molar-refractivity contribution in [2.75, 3.05) is 31.6 Å². The van der Waals surface area contributed by atoms with Crippen LogP contribution in [0.1, 0.15) is 11.3 Å². The van der Waals surface area contributed by atoms with Gasteiger partial charge in [-0.1, -0.05) is 30.0 Å². The molecule has 2 aromatic rings. The number of aliphatic hydroxyl groups excluding tert-OH is 1. The summed E-state index contributed by atoms with van der Waals surface area (Å²) >= 11 is 1.33. The van der Waals surface area contributed by atoms with E-state index >= 15 is 0 Å². The van der Waals surface area contributed by atoms with E-state index in [-0.39, 0.29) is 29.3 Å². The molecule has 1 aromatic carbocycles. The number of benzene rings is 1. The van der Waals surface area contributed by atoms with Gasteiger partial charge in [-0.3, -0.25) is 4.99 Å². The highest BCUT2D eigenvalue weighted by Gasteiger charge is 2.52. The van der Waals surface area contributed by atoms with Gasteiger partial charge >= 0.3 is 0 Å². The molecule has 0 radical (unpaired) electrons. The number of ether oxygens (including phenoxy) is 1. The van der Waals surface area contributed by atoms with E-state index < -0.39 is 17.2 Å². The number of hydrogen-bond donors (Lipinski definition) is 2. The number of halogens is 2. The summed E-state index contributed by atoms with van der Waals surface area (Å²) < 4.78 is 33.2. The van der Waals surface area contributed by atoms with Crippen molar-refractivity contribution in [3.63, 3.8) is 0 Å². The van der Waals surface area contributed by atoms with Crippen LogP contribution in [0.15, 0.2) is 29.3 Å². The Bertz CT molecular complexity index is 919. The first-order chi connectivity index (χ1) is 13.5. The second-order valence-electron chi connectivity index (χ2n) is 6.68. The van der Waals surface area contributed by atoms with Crippen LogP contribution in [0.4, 0.5) is 14.7 Å². The van der Waals surface area contributed by atoms with Crippen LogP contribution in [-0.4, -0.2) is 47.0 Å². The van der Waals surface area contributed by atoms with Gasteiger partial charge in [-0.15, -0.1) is 0 Å². The molecule has 2 aliphatic heterocycles. The fourth-order valence-corrected chi connectivity index (χ4v) is 5.11. The zero-order valence-electron chi connectivity index (χ0n) is 15.1. The number of nitrogens with two attached hydrogens (primary N) is 1. The number of rotatable bonds is 4. The van der Waals surface area contributed by atoms with E-state index in [4.69, 9.17) is 10.5 Å². The van der Waals surface area contributed by atoms with Gasteiger partial charge in [-0.25, -0.2) is 9.37 Å². The third kappa shape index (κ3) is 2.96. The average Bonchev–Trinajstić information content (AvgIpc) is 3.08. The number of nitrogens with zero attached hydrogens (tertiary/aromatic N) is 4. The van der Waals surface area contributed by atoms with Crippen molar-refractivity contribution in [3.05, 3.63) is 47.2 Å². The van der Waals surface area contributed by atoms with Crippen molar-refractivity contribution in [2.45, 2.75) is 11.4 Å². The minimum absolute atomic E-state index is 0.0427. The third-order valence-electron chi connectivity index (χ3n) is 5.11. The van der Waals surface area contributed by atoms with Gasteiger partial charge in [-0.2, -0.15) is 9.37 Å². The summed E-state index contributed by atoms with van der Waals surface area (Å²) in [5, 5.41) is 9.82. The normalized spacial score (nSPS) is 24.1. The Morgan fingerprint density at radius 3 is 2.86 bits per heavy atom. The maximum atomic E-state index is 14.7. The molecule has 0 aliphatic carbocycles. The summed E-state index contributed by atoms with van der Waals surface area (Å²) in [6, 6.07) is 6.61. The fourth-order valence-electron chi connectivity index (χ4n) is 3.79. The molecule has 0 spiro atoms. The largest absolute Gasteiger partial charge is 0.479 e. The maximum absolute atomic E-state index is 14.7. The number of hydrogen-bond acceptors (Lipinski definition) is 8. The molecule has 28 heavy (non-hydrogen) atoms. The molecule has 2 atom stereocenters. The molecule has 148 valence electrons. The maximum Gasteiger partial charge on any atom is 0.255 e. The van der Waals surface area contributed by atoms with E-state index in [0.717, 1.165) is 0 Å². The number of fused-ring (bicyclic) bond motifs is 1. The van der Waals surface area contributed by atoms with Gasteiger partial charge in [0.2, 0.25) is 11.8 Å². The highest BCUT2D eigenvalue weighted by molar-refractivity contribution is 8.14. The lowest BCUT2D eigenvalue weighted by Crippen LogP contribution is -2.40. The molecule has 1 aromatic heterocycles. The molecule has 1 saturated heterocycles. The number of aliphatic hydroxyl groups is 1. The van der Waals surface area contributed by atoms with Crippen molar-refractivity contribution in [2.24, 2.45) is 16.6 Å². The second kappa shape index (κ2) is 7.17. The Balaban J connectivity index is 1.77. The number of methoxy groups -OCH3 is 1. The van der Waals surface area contributed by atoms with Crippen molar-refractivity contribution >= 4 is 22.9 Å². The van der Waals surface area contributed by atoms with E-state index in [0.29, 0.717) is 30.4 Å². The van der Waals surface area contributed by atoms with Gasteiger partial charge in [0, 0.05) is 31.1 Å². The number of anilines is 1. The van der Waals surface area contributed by atoms with Gasteiger partial charge < -0.3 is 20.5 Å². The Morgan fingerprint density at radius 1 is 1.36 bits per heavy atom. The number of amidine groups is 1. The molecule has 7 nitrogen and oxygen atoms in total. The smallest absolute Gasteiger partial charge is 0.255 e. The predicted molar refractivity (Wildman–Crippen MR) is 102 cm³/mol. The molecular weight excluding hydrogens is 388 g/mol. The third-order valence-corrected chi connectivity index (χ3v) is 6.50. The van der Waals surface area contributed by atoms with E-state index in [1.54, 1.807) is 18.2 Å². The average molecular weight is 407 g/mol. The summed E-state index contributed by atoms with van der Waals surface area (Å²) in [6.07, 6.45) is 0. The first-order valence-corrected chi connectivity index (χ1v) is 9.50.